The molecule has 0 bridgehead atoms. The molecule has 2 aromatic carbocycles. The van der Waals surface area contributed by atoms with E-state index in [0.717, 1.165) is 24.9 Å². The van der Waals surface area contributed by atoms with E-state index in [4.69, 9.17) is 0 Å². The van der Waals surface area contributed by atoms with Crippen molar-refractivity contribution in [3.63, 3.8) is 0 Å². The van der Waals surface area contributed by atoms with E-state index < -0.39 is 0 Å². The summed E-state index contributed by atoms with van der Waals surface area (Å²) in [4.78, 5) is 24.3. The molecule has 0 spiro atoms. The van der Waals surface area contributed by atoms with Crippen molar-refractivity contribution in [1.82, 2.24) is 5.32 Å². The molecule has 1 heterocycles. The molecular formula is C21H24N2O2S. The molecule has 0 aromatic heterocycles. The molecule has 2 aromatic rings. The lowest BCUT2D eigenvalue weighted by molar-refractivity contribution is -0.120. The summed E-state index contributed by atoms with van der Waals surface area (Å²) >= 11 is 1.57. The number of hydrogen-bond donors (Lipinski definition) is 2. The Kier molecular flexibility index (Phi) is 6.72. The van der Waals surface area contributed by atoms with Gasteiger partial charge in [0.05, 0.1) is 5.25 Å². The van der Waals surface area contributed by atoms with Crippen molar-refractivity contribution >= 4 is 29.3 Å². The third kappa shape index (κ3) is 5.36. The largest absolute Gasteiger partial charge is 0.356 e. The maximum atomic E-state index is 12.3. The lowest BCUT2D eigenvalue weighted by atomic mass is 10.1. The van der Waals surface area contributed by atoms with Crippen LogP contribution in [0.5, 0.6) is 0 Å². The first kappa shape index (κ1) is 18.5. The van der Waals surface area contributed by atoms with E-state index >= 15 is 0 Å². The van der Waals surface area contributed by atoms with E-state index in [9.17, 15) is 9.59 Å². The van der Waals surface area contributed by atoms with Gasteiger partial charge in [-0.05, 0) is 36.5 Å². The van der Waals surface area contributed by atoms with E-state index in [1.54, 1.807) is 11.8 Å². The van der Waals surface area contributed by atoms with Crippen molar-refractivity contribution in [2.75, 3.05) is 17.6 Å². The lowest BCUT2D eigenvalue weighted by Gasteiger charge is -2.12. The van der Waals surface area contributed by atoms with E-state index in [-0.39, 0.29) is 17.1 Å². The van der Waals surface area contributed by atoms with Gasteiger partial charge in [0.15, 0.2) is 0 Å². The van der Waals surface area contributed by atoms with Gasteiger partial charge < -0.3 is 10.6 Å². The SMILES string of the molecule is O=C(CCS[C@@H]1CCc2ccccc2NC1=O)NCCc1ccccc1. The van der Waals surface area contributed by atoms with Crippen LogP contribution in [0.15, 0.2) is 54.6 Å². The van der Waals surface area contributed by atoms with E-state index in [0.29, 0.717) is 18.7 Å². The van der Waals surface area contributed by atoms with Gasteiger partial charge in [-0.1, -0.05) is 48.5 Å². The average molecular weight is 369 g/mol. The monoisotopic (exact) mass is 368 g/mol. The average Bonchev–Trinajstić information content (AvgIpc) is 2.81. The van der Waals surface area contributed by atoms with Gasteiger partial charge in [-0.25, -0.2) is 0 Å². The van der Waals surface area contributed by atoms with Gasteiger partial charge in [0.1, 0.15) is 0 Å². The zero-order chi connectivity index (χ0) is 18.2. The molecule has 2 amide bonds. The standard InChI is InChI=1S/C21H24N2O2S/c24-20(22-14-12-16-6-2-1-3-7-16)13-15-26-19-11-10-17-8-4-5-9-18(17)23-21(19)25/h1-9,19H,10-15H2,(H,22,24)(H,23,25)/t19-/m1/s1. The fourth-order valence-electron chi connectivity index (χ4n) is 3.02. The smallest absolute Gasteiger partial charge is 0.237 e. The summed E-state index contributed by atoms with van der Waals surface area (Å²) in [5.74, 6) is 0.751. The highest BCUT2D eigenvalue weighted by Gasteiger charge is 2.23. The highest BCUT2D eigenvalue weighted by atomic mass is 32.2. The zero-order valence-electron chi connectivity index (χ0n) is 14.7. The predicted molar refractivity (Wildman–Crippen MR) is 107 cm³/mol. The molecule has 0 saturated carbocycles. The van der Waals surface area contributed by atoms with Crippen LogP contribution in [0.3, 0.4) is 0 Å². The van der Waals surface area contributed by atoms with Gasteiger partial charge in [0, 0.05) is 24.4 Å². The maximum absolute atomic E-state index is 12.3. The minimum atomic E-state index is -0.0977. The van der Waals surface area contributed by atoms with Crippen molar-refractivity contribution in [3.8, 4) is 0 Å². The minimum absolute atomic E-state index is 0.0458. The fraction of sp³-hybridized carbons (Fsp3) is 0.333. The Bertz CT molecular complexity index is 749. The molecule has 4 nitrogen and oxygen atoms in total. The number of nitrogens with one attached hydrogen (secondary N) is 2. The molecule has 0 unspecified atom stereocenters. The number of fused-ring (bicyclic) bond motifs is 1. The molecule has 26 heavy (non-hydrogen) atoms. The third-order valence-corrected chi connectivity index (χ3v) is 5.76. The number of benzene rings is 2. The molecule has 1 aliphatic heterocycles. The Hall–Kier alpha value is -2.27. The molecule has 0 fully saturated rings. The Labute approximate surface area is 158 Å². The Balaban J connectivity index is 1.36. The maximum Gasteiger partial charge on any atom is 0.237 e. The molecule has 0 saturated heterocycles. The zero-order valence-corrected chi connectivity index (χ0v) is 15.6. The van der Waals surface area contributed by atoms with Gasteiger partial charge >= 0.3 is 0 Å². The predicted octanol–water partition coefficient (Wildman–Crippen LogP) is 3.42. The van der Waals surface area contributed by atoms with Crippen LogP contribution in [0.2, 0.25) is 0 Å². The second-order valence-corrected chi connectivity index (χ2v) is 7.69. The van der Waals surface area contributed by atoms with Gasteiger partial charge in [-0.2, -0.15) is 0 Å². The van der Waals surface area contributed by atoms with Gasteiger partial charge in [-0.15, -0.1) is 11.8 Å². The summed E-state index contributed by atoms with van der Waals surface area (Å²) in [7, 11) is 0. The second-order valence-electron chi connectivity index (χ2n) is 6.38. The fourth-order valence-corrected chi connectivity index (χ4v) is 4.11. The lowest BCUT2D eigenvalue weighted by Crippen LogP contribution is -2.27. The summed E-state index contributed by atoms with van der Waals surface area (Å²) in [5, 5.41) is 5.86. The van der Waals surface area contributed by atoms with E-state index in [2.05, 4.69) is 28.8 Å². The van der Waals surface area contributed by atoms with Crippen LogP contribution in [-0.2, 0) is 22.4 Å². The van der Waals surface area contributed by atoms with Crippen LogP contribution in [-0.4, -0.2) is 29.4 Å². The number of carbonyl (C=O) groups is 2. The first-order valence-corrected chi connectivity index (χ1v) is 10.1. The van der Waals surface area contributed by atoms with Gasteiger partial charge in [0.2, 0.25) is 11.8 Å². The van der Waals surface area contributed by atoms with Crippen molar-refractivity contribution in [2.45, 2.75) is 30.9 Å². The number of amides is 2. The summed E-state index contributed by atoms with van der Waals surface area (Å²) in [6.45, 7) is 0.646. The molecule has 5 heteroatoms. The summed E-state index contributed by atoms with van der Waals surface area (Å²) in [6, 6.07) is 18.1. The molecule has 0 aliphatic carbocycles. The molecule has 0 radical (unpaired) electrons. The molecule has 1 atom stereocenters. The quantitative estimate of drug-likeness (QED) is 0.787. The van der Waals surface area contributed by atoms with Crippen LogP contribution in [0, 0.1) is 0 Å². The number of thioether (sulfide) groups is 1. The summed E-state index contributed by atoms with van der Waals surface area (Å²) in [6.07, 6.45) is 2.97. The van der Waals surface area contributed by atoms with Crippen LogP contribution < -0.4 is 10.6 Å². The van der Waals surface area contributed by atoms with Crippen LogP contribution in [0.25, 0.3) is 0 Å². The molecule has 136 valence electrons. The Morgan fingerprint density at radius 2 is 1.88 bits per heavy atom. The van der Waals surface area contributed by atoms with E-state index in [1.165, 1.54) is 11.1 Å². The normalized spacial score (nSPS) is 16.3. The first-order valence-electron chi connectivity index (χ1n) is 9.03. The molecular weight excluding hydrogens is 344 g/mol. The van der Waals surface area contributed by atoms with Crippen molar-refractivity contribution < 1.29 is 9.59 Å². The number of rotatable bonds is 7. The van der Waals surface area contributed by atoms with Gasteiger partial charge in [0.25, 0.3) is 0 Å². The van der Waals surface area contributed by atoms with Crippen LogP contribution in [0.1, 0.15) is 24.0 Å². The summed E-state index contributed by atoms with van der Waals surface area (Å²) < 4.78 is 0. The minimum Gasteiger partial charge on any atom is -0.356 e. The number of para-hydroxylation sites is 1. The van der Waals surface area contributed by atoms with Gasteiger partial charge in [-0.3, -0.25) is 9.59 Å². The molecule has 2 N–H and O–H groups in total. The Morgan fingerprint density at radius 1 is 1.12 bits per heavy atom. The number of carbonyl (C=O) groups excluding carboxylic acids is 2. The van der Waals surface area contributed by atoms with E-state index in [1.807, 2.05) is 36.4 Å². The highest BCUT2D eigenvalue weighted by molar-refractivity contribution is 8.00. The topological polar surface area (TPSA) is 58.2 Å². The van der Waals surface area contributed by atoms with Crippen molar-refractivity contribution in [2.24, 2.45) is 0 Å². The van der Waals surface area contributed by atoms with Crippen LogP contribution in [0.4, 0.5) is 5.69 Å². The first-order chi connectivity index (χ1) is 12.7. The Morgan fingerprint density at radius 3 is 2.73 bits per heavy atom. The number of aryl methyl sites for hydroxylation is 1. The summed E-state index contributed by atoms with van der Waals surface area (Å²) in [5.41, 5.74) is 3.32. The van der Waals surface area contributed by atoms with Crippen LogP contribution >= 0.6 is 11.8 Å². The second kappa shape index (κ2) is 9.43. The molecule has 3 rings (SSSR count). The highest BCUT2D eigenvalue weighted by Crippen LogP contribution is 2.27. The number of anilines is 1. The molecule has 1 aliphatic rings. The van der Waals surface area contributed by atoms with Crippen molar-refractivity contribution in [3.05, 3.63) is 65.7 Å². The van der Waals surface area contributed by atoms with Crippen molar-refractivity contribution in [1.29, 1.82) is 0 Å². The third-order valence-electron chi connectivity index (χ3n) is 4.47. The number of hydrogen-bond acceptors (Lipinski definition) is 3.